The highest BCUT2D eigenvalue weighted by Crippen LogP contribution is 2.30. The molecule has 0 saturated heterocycles. The van der Waals surface area contributed by atoms with Gasteiger partial charge in [0.15, 0.2) is 0 Å². The number of nitrogens with zero attached hydrogens (tertiary/aromatic N) is 3. The van der Waals surface area contributed by atoms with E-state index in [0.29, 0.717) is 5.82 Å². The third-order valence-electron chi connectivity index (χ3n) is 5.15. The van der Waals surface area contributed by atoms with Gasteiger partial charge in [0, 0.05) is 37.8 Å². The molecule has 0 unspecified atom stereocenters. The molecule has 3 rings (SSSR count). The second-order valence-electron chi connectivity index (χ2n) is 7.80. The monoisotopic (exact) mass is 457 g/mol. The SMILES string of the molecule is Cc1nc(N[C@H]2CC[C@@H](NC(=O)c3cccc(C(F)(F)F)c3)CC2)cc(N(C)C)n1.Cl. The van der Waals surface area contributed by atoms with Crippen molar-refractivity contribution >= 4 is 29.9 Å². The second kappa shape index (κ2) is 10.2. The lowest BCUT2D eigenvalue weighted by Crippen LogP contribution is -2.40. The van der Waals surface area contributed by atoms with Crippen molar-refractivity contribution in [2.45, 2.75) is 50.9 Å². The van der Waals surface area contributed by atoms with Gasteiger partial charge in [0.25, 0.3) is 5.91 Å². The zero-order chi connectivity index (χ0) is 21.9. The van der Waals surface area contributed by atoms with Crippen LogP contribution >= 0.6 is 12.4 Å². The third kappa shape index (κ3) is 6.72. The Balaban J connectivity index is 0.00000341. The number of nitrogens with one attached hydrogen (secondary N) is 2. The van der Waals surface area contributed by atoms with Crippen molar-refractivity contribution < 1.29 is 18.0 Å². The molecule has 0 atom stereocenters. The van der Waals surface area contributed by atoms with Crippen LogP contribution in [0.3, 0.4) is 0 Å². The van der Waals surface area contributed by atoms with E-state index in [2.05, 4.69) is 20.6 Å². The molecule has 0 spiro atoms. The van der Waals surface area contributed by atoms with Crippen molar-refractivity contribution in [1.29, 1.82) is 0 Å². The van der Waals surface area contributed by atoms with E-state index in [0.717, 1.165) is 49.5 Å². The fourth-order valence-corrected chi connectivity index (χ4v) is 3.55. The molecule has 1 amide bonds. The smallest absolute Gasteiger partial charge is 0.367 e. The molecule has 10 heteroatoms. The maximum absolute atomic E-state index is 12.9. The Morgan fingerprint density at radius 3 is 2.32 bits per heavy atom. The number of halogens is 4. The van der Waals surface area contributed by atoms with E-state index in [1.165, 1.54) is 12.1 Å². The number of alkyl halides is 3. The van der Waals surface area contributed by atoms with Gasteiger partial charge in [-0.15, -0.1) is 12.4 Å². The van der Waals surface area contributed by atoms with Crippen molar-refractivity contribution in [2.75, 3.05) is 24.3 Å². The molecule has 2 aromatic rings. The van der Waals surface area contributed by atoms with E-state index in [1.54, 1.807) is 0 Å². The van der Waals surface area contributed by atoms with Gasteiger partial charge in [-0.2, -0.15) is 13.2 Å². The van der Waals surface area contributed by atoms with Crippen LogP contribution in [0, 0.1) is 6.92 Å². The second-order valence-corrected chi connectivity index (χ2v) is 7.80. The number of carbonyl (C=O) groups excluding carboxylic acids is 1. The van der Waals surface area contributed by atoms with Crippen LogP contribution in [0.4, 0.5) is 24.8 Å². The van der Waals surface area contributed by atoms with Gasteiger partial charge in [0.05, 0.1) is 5.56 Å². The van der Waals surface area contributed by atoms with E-state index in [1.807, 2.05) is 32.0 Å². The summed E-state index contributed by atoms with van der Waals surface area (Å²) in [6.07, 6.45) is -1.33. The molecule has 1 heterocycles. The molecule has 1 aliphatic rings. The summed E-state index contributed by atoms with van der Waals surface area (Å²) in [5.74, 6) is 1.81. The molecular formula is C21H27ClF3N5O. The molecule has 2 N–H and O–H groups in total. The largest absolute Gasteiger partial charge is 0.416 e. The van der Waals surface area contributed by atoms with Crippen molar-refractivity contribution in [1.82, 2.24) is 15.3 Å². The van der Waals surface area contributed by atoms with Crippen molar-refractivity contribution in [3.63, 3.8) is 0 Å². The number of aryl methyl sites for hydroxylation is 1. The highest BCUT2D eigenvalue weighted by molar-refractivity contribution is 5.94. The zero-order valence-corrected chi connectivity index (χ0v) is 18.5. The molecule has 170 valence electrons. The lowest BCUT2D eigenvalue weighted by molar-refractivity contribution is -0.137. The van der Waals surface area contributed by atoms with E-state index in [4.69, 9.17) is 0 Å². The fourth-order valence-electron chi connectivity index (χ4n) is 3.55. The number of carbonyl (C=O) groups is 1. The van der Waals surface area contributed by atoms with Gasteiger partial charge in [-0.25, -0.2) is 9.97 Å². The Labute approximate surface area is 186 Å². The van der Waals surface area contributed by atoms with E-state index in [9.17, 15) is 18.0 Å². The maximum atomic E-state index is 12.9. The Hall–Kier alpha value is -2.55. The number of hydrogen-bond donors (Lipinski definition) is 2. The highest BCUT2D eigenvalue weighted by Gasteiger charge is 2.31. The van der Waals surface area contributed by atoms with Crippen LogP contribution in [-0.4, -0.2) is 42.1 Å². The molecule has 0 aliphatic heterocycles. The molecule has 1 fully saturated rings. The zero-order valence-electron chi connectivity index (χ0n) is 17.7. The average Bonchev–Trinajstić information content (AvgIpc) is 2.68. The first kappa shape index (κ1) is 24.7. The minimum atomic E-state index is -4.47. The Bertz CT molecular complexity index is 899. The van der Waals surface area contributed by atoms with Gasteiger partial charge < -0.3 is 15.5 Å². The van der Waals surface area contributed by atoms with Gasteiger partial charge in [0.2, 0.25) is 0 Å². The van der Waals surface area contributed by atoms with E-state index in [-0.39, 0.29) is 30.1 Å². The number of rotatable bonds is 5. The van der Waals surface area contributed by atoms with Crippen molar-refractivity contribution in [3.05, 3.63) is 47.3 Å². The number of hydrogen-bond acceptors (Lipinski definition) is 5. The number of amides is 1. The molecular weight excluding hydrogens is 431 g/mol. The lowest BCUT2D eigenvalue weighted by atomic mass is 9.91. The van der Waals surface area contributed by atoms with Crippen molar-refractivity contribution in [3.8, 4) is 0 Å². The Morgan fingerprint density at radius 1 is 1.06 bits per heavy atom. The minimum Gasteiger partial charge on any atom is -0.367 e. The van der Waals surface area contributed by atoms with Gasteiger partial charge >= 0.3 is 6.18 Å². The highest BCUT2D eigenvalue weighted by atomic mass is 35.5. The molecule has 6 nitrogen and oxygen atoms in total. The predicted molar refractivity (Wildman–Crippen MR) is 117 cm³/mol. The topological polar surface area (TPSA) is 70.2 Å². The normalized spacial score (nSPS) is 18.6. The van der Waals surface area contributed by atoms with Crippen LogP contribution in [0.1, 0.15) is 47.4 Å². The summed E-state index contributed by atoms with van der Waals surface area (Å²) in [5.41, 5.74) is -0.793. The fraction of sp³-hybridized carbons (Fsp3) is 0.476. The quantitative estimate of drug-likeness (QED) is 0.694. The first-order chi connectivity index (χ1) is 14.1. The molecule has 1 aromatic carbocycles. The Kier molecular flexibility index (Phi) is 8.11. The first-order valence-electron chi connectivity index (χ1n) is 9.89. The van der Waals surface area contributed by atoms with Gasteiger partial charge in [-0.05, 0) is 50.8 Å². The summed E-state index contributed by atoms with van der Waals surface area (Å²) in [4.78, 5) is 23.1. The van der Waals surface area contributed by atoms with Crippen LogP contribution in [-0.2, 0) is 6.18 Å². The average molecular weight is 458 g/mol. The Morgan fingerprint density at radius 2 is 1.71 bits per heavy atom. The third-order valence-corrected chi connectivity index (χ3v) is 5.15. The van der Waals surface area contributed by atoms with Gasteiger partial charge in [-0.1, -0.05) is 6.07 Å². The summed E-state index contributed by atoms with van der Waals surface area (Å²) < 4.78 is 38.6. The molecule has 0 bridgehead atoms. The molecule has 31 heavy (non-hydrogen) atoms. The number of aromatic nitrogens is 2. The van der Waals surface area contributed by atoms with Crippen molar-refractivity contribution in [2.24, 2.45) is 0 Å². The number of anilines is 2. The van der Waals surface area contributed by atoms with Crippen LogP contribution < -0.4 is 15.5 Å². The van der Waals surface area contributed by atoms with Crippen LogP contribution in [0.5, 0.6) is 0 Å². The van der Waals surface area contributed by atoms with Crippen LogP contribution in [0.25, 0.3) is 0 Å². The molecule has 0 radical (unpaired) electrons. The van der Waals surface area contributed by atoms with Gasteiger partial charge in [-0.3, -0.25) is 4.79 Å². The first-order valence-corrected chi connectivity index (χ1v) is 9.89. The summed E-state index contributed by atoms with van der Waals surface area (Å²) >= 11 is 0. The molecule has 1 aliphatic carbocycles. The lowest BCUT2D eigenvalue weighted by Gasteiger charge is -2.30. The molecule has 1 aromatic heterocycles. The van der Waals surface area contributed by atoms with Crippen LogP contribution in [0.2, 0.25) is 0 Å². The minimum absolute atomic E-state index is 0. The maximum Gasteiger partial charge on any atom is 0.416 e. The predicted octanol–water partition coefficient (Wildman–Crippen LogP) is 4.44. The van der Waals surface area contributed by atoms with E-state index < -0.39 is 17.6 Å². The van der Waals surface area contributed by atoms with Gasteiger partial charge in [0.1, 0.15) is 17.5 Å². The van der Waals surface area contributed by atoms with E-state index >= 15 is 0 Å². The molecule has 1 saturated carbocycles. The summed E-state index contributed by atoms with van der Waals surface area (Å²) in [7, 11) is 3.84. The van der Waals surface area contributed by atoms with Crippen LogP contribution in [0.15, 0.2) is 30.3 Å². The summed E-state index contributed by atoms with van der Waals surface area (Å²) in [5, 5.41) is 6.30. The summed E-state index contributed by atoms with van der Waals surface area (Å²) in [6.45, 7) is 1.85. The summed E-state index contributed by atoms with van der Waals surface area (Å²) in [6, 6.07) is 6.56. The number of benzene rings is 1. The standard InChI is InChI=1S/C21H26F3N5O.ClH/c1-13-25-18(12-19(26-13)29(2)3)27-16-7-9-17(10-8-16)28-20(30)14-5-4-6-15(11-14)21(22,23)24;/h4-6,11-12,16-17H,7-10H2,1-3H3,(H,28,30)(H,25,26,27);1H/t16-,17+;.